The summed E-state index contributed by atoms with van der Waals surface area (Å²) < 4.78 is 7.82. The van der Waals surface area contributed by atoms with Crippen LogP contribution in [0, 0.1) is 6.92 Å². The number of aryl methyl sites for hydroxylation is 2. The maximum Gasteiger partial charge on any atom is 0.188 e. The van der Waals surface area contributed by atoms with Gasteiger partial charge in [0, 0.05) is 43.8 Å². The van der Waals surface area contributed by atoms with Crippen LogP contribution in [0.1, 0.15) is 23.1 Å². The van der Waals surface area contributed by atoms with Gasteiger partial charge in [0.15, 0.2) is 5.13 Å². The first kappa shape index (κ1) is 17.1. The fraction of sp³-hybridized carbons (Fsp3) is 0.389. The molecule has 4 heterocycles. The Labute approximate surface area is 156 Å². The van der Waals surface area contributed by atoms with Gasteiger partial charge in [-0.15, -0.1) is 11.3 Å². The first-order valence-electron chi connectivity index (χ1n) is 8.63. The van der Waals surface area contributed by atoms with Crippen LogP contribution in [-0.2, 0) is 18.3 Å². The van der Waals surface area contributed by atoms with Gasteiger partial charge in [0.25, 0.3) is 0 Å². The molecule has 26 heavy (non-hydrogen) atoms. The molecular formula is C18H22N6OS. The Morgan fingerprint density at radius 1 is 1.35 bits per heavy atom. The van der Waals surface area contributed by atoms with Crippen molar-refractivity contribution in [2.75, 3.05) is 25.0 Å². The minimum atomic E-state index is -0.0276. The summed E-state index contributed by atoms with van der Waals surface area (Å²) in [6, 6.07) is 5.99. The first-order valence-corrected chi connectivity index (χ1v) is 9.51. The van der Waals surface area contributed by atoms with E-state index < -0.39 is 0 Å². The third-order valence-corrected chi connectivity index (χ3v) is 5.15. The Morgan fingerprint density at radius 2 is 2.27 bits per heavy atom. The Kier molecular flexibility index (Phi) is 4.96. The maximum atomic E-state index is 5.98. The molecule has 1 N–H and O–H groups in total. The molecule has 1 unspecified atom stereocenters. The molecule has 1 saturated heterocycles. The average molecular weight is 370 g/mol. The van der Waals surface area contributed by atoms with Crippen molar-refractivity contribution in [3.8, 4) is 0 Å². The molecule has 136 valence electrons. The molecule has 0 radical (unpaired) electrons. The van der Waals surface area contributed by atoms with Gasteiger partial charge in [0.1, 0.15) is 11.9 Å². The Bertz CT molecular complexity index is 876. The van der Waals surface area contributed by atoms with Crippen molar-refractivity contribution >= 4 is 22.3 Å². The summed E-state index contributed by atoms with van der Waals surface area (Å²) in [4.78, 5) is 11.5. The predicted molar refractivity (Wildman–Crippen MR) is 102 cm³/mol. The normalized spacial score (nSPS) is 18.2. The summed E-state index contributed by atoms with van der Waals surface area (Å²) in [5.74, 6) is 0.796. The van der Waals surface area contributed by atoms with Gasteiger partial charge >= 0.3 is 0 Å². The lowest BCUT2D eigenvalue weighted by Crippen LogP contribution is -2.38. The molecule has 0 bridgehead atoms. The Hall–Kier alpha value is -2.29. The summed E-state index contributed by atoms with van der Waals surface area (Å²) in [6.45, 7) is 5.31. The highest BCUT2D eigenvalue weighted by Gasteiger charge is 2.23. The van der Waals surface area contributed by atoms with Crippen LogP contribution in [0.4, 0.5) is 10.9 Å². The molecule has 0 aromatic carbocycles. The van der Waals surface area contributed by atoms with Crippen LogP contribution in [0.25, 0.3) is 0 Å². The van der Waals surface area contributed by atoms with Crippen molar-refractivity contribution in [1.29, 1.82) is 0 Å². The number of nitrogens with one attached hydrogen (secondary N) is 1. The second-order valence-corrected chi connectivity index (χ2v) is 7.34. The van der Waals surface area contributed by atoms with E-state index in [1.165, 1.54) is 5.56 Å². The van der Waals surface area contributed by atoms with E-state index in [0.717, 1.165) is 42.0 Å². The van der Waals surface area contributed by atoms with Gasteiger partial charge < -0.3 is 10.1 Å². The number of rotatable bonds is 5. The first-order chi connectivity index (χ1) is 12.7. The summed E-state index contributed by atoms with van der Waals surface area (Å²) in [5.41, 5.74) is 3.17. The number of anilines is 2. The molecule has 0 amide bonds. The lowest BCUT2D eigenvalue weighted by atomic mass is 10.1. The summed E-state index contributed by atoms with van der Waals surface area (Å²) in [6.07, 6.45) is 3.95. The van der Waals surface area contributed by atoms with Crippen LogP contribution in [0.3, 0.4) is 0 Å². The second-order valence-electron chi connectivity index (χ2n) is 6.48. The van der Waals surface area contributed by atoms with E-state index in [-0.39, 0.29) is 6.10 Å². The van der Waals surface area contributed by atoms with E-state index >= 15 is 0 Å². The topological polar surface area (TPSA) is 68.1 Å². The largest absolute Gasteiger partial charge is 0.369 e. The number of aromatic nitrogens is 4. The zero-order valence-corrected chi connectivity index (χ0v) is 15.7. The van der Waals surface area contributed by atoms with Crippen LogP contribution in [0.2, 0.25) is 0 Å². The average Bonchev–Trinajstić information content (AvgIpc) is 3.23. The summed E-state index contributed by atoms with van der Waals surface area (Å²) >= 11 is 1.58. The van der Waals surface area contributed by atoms with Crippen molar-refractivity contribution in [1.82, 2.24) is 24.6 Å². The predicted octanol–water partition coefficient (Wildman–Crippen LogP) is 2.90. The SMILES string of the molecule is Cc1csc(Nc2cccc(C3CN(Cc4cnn(C)c4)CCO3)n2)n1. The highest BCUT2D eigenvalue weighted by molar-refractivity contribution is 7.13. The summed E-state index contributed by atoms with van der Waals surface area (Å²) in [7, 11) is 1.94. The molecule has 0 saturated carbocycles. The zero-order valence-electron chi connectivity index (χ0n) is 14.9. The minimum Gasteiger partial charge on any atom is -0.369 e. The van der Waals surface area contributed by atoms with Crippen LogP contribution in [0.15, 0.2) is 36.0 Å². The molecule has 3 aromatic rings. The molecule has 1 fully saturated rings. The smallest absolute Gasteiger partial charge is 0.188 e. The van der Waals surface area contributed by atoms with Crippen molar-refractivity contribution in [3.05, 3.63) is 52.9 Å². The second kappa shape index (κ2) is 7.53. The van der Waals surface area contributed by atoms with E-state index in [1.54, 1.807) is 11.3 Å². The molecule has 0 spiro atoms. The monoisotopic (exact) mass is 370 g/mol. The fourth-order valence-corrected chi connectivity index (χ4v) is 3.75. The van der Waals surface area contributed by atoms with Gasteiger partial charge in [0.2, 0.25) is 0 Å². The molecule has 1 aliphatic heterocycles. The highest BCUT2D eigenvalue weighted by Crippen LogP contribution is 2.25. The van der Waals surface area contributed by atoms with E-state index in [9.17, 15) is 0 Å². The standard InChI is InChI=1S/C18H22N6OS/c1-13-12-26-18(20-13)22-17-5-3-4-15(21-17)16-11-24(6-7-25-16)10-14-8-19-23(2)9-14/h3-5,8-9,12,16H,6-7,10-11H2,1-2H3,(H,20,21,22). The van der Waals surface area contributed by atoms with Gasteiger partial charge in [-0.05, 0) is 19.1 Å². The van der Waals surface area contributed by atoms with Gasteiger partial charge in [-0.3, -0.25) is 9.58 Å². The van der Waals surface area contributed by atoms with Gasteiger partial charge in [0.05, 0.1) is 24.2 Å². The molecule has 3 aromatic heterocycles. The molecule has 1 aliphatic rings. The third-order valence-electron chi connectivity index (χ3n) is 4.27. The van der Waals surface area contributed by atoms with Crippen molar-refractivity contribution < 1.29 is 4.74 Å². The fourth-order valence-electron chi connectivity index (χ4n) is 3.06. The number of hydrogen-bond donors (Lipinski definition) is 1. The van der Waals surface area contributed by atoms with Crippen molar-refractivity contribution in [3.63, 3.8) is 0 Å². The van der Waals surface area contributed by atoms with E-state index in [0.29, 0.717) is 6.61 Å². The van der Waals surface area contributed by atoms with E-state index in [1.807, 2.05) is 48.4 Å². The molecular weight excluding hydrogens is 348 g/mol. The lowest BCUT2D eigenvalue weighted by Gasteiger charge is -2.32. The number of hydrogen-bond acceptors (Lipinski definition) is 7. The Morgan fingerprint density at radius 3 is 3.04 bits per heavy atom. The van der Waals surface area contributed by atoms with E-state index in [4.69, 9.17) is 9.72 Å². The van der Waals surface area contributed by atoms with Crippen molar-refractivity contribution in [2.45, 2.75) is 19.6 Å². The molecule has 7 nitrogen and oxygen atoms in total. The highest BCUT2D eigenvalue weighted by atomic mass is 32.1. The summed E-state index contributed by atoms with van der Waals surface area (Å²) in [5, 5.41) is 10.4. The van der Waals surface area contributed by atoms with Gasteiger partial charge in [-0.25, -0.2) is 9.97 Å². The van der Waals surface area contributed by atoms with Crippen LogP contribution in [-0.4, -0.2) is 44.3 Å². The molecule has 4 rings (SSSR count). The number of nitrogens with zero attached hydrogens (tertiary/aromatic N) is 5. The number of pyridine rings is 1. The maximum absolute atomic E-state index is 5.98. The van der Waals surface area contributed by atoms with Crippen LogP contribution < -0.4 is 5.32 Å². The quantitative estimate of drug-likeness (QED) is 0.745. The minimum absolute atomic E-state index is 0.0276. The van der Waals surface area contributed by atoms with Crippen LogP contribution in [0.5, 0.6) is 0 Å². The molecule has 1 atom stereocenters. The van der Waals surface area contributed by atoms with Gasteiger partial charge in [-0.1, -0.05) is 6.07 Å². The molecule has 0 aliphatic carbocycles. The van der Waals surface area contributed by atoms with E-state index in [2.05, 4.69) is 26.5 Å². The van der Waals surface area contributed by atoms with Gasteiger partial charge in [-0.2, -0.15) is 5.10 Å². The number of morpholine rings is 1. The third kappa shape index (κ3) is 4.09. The number of ether oxygens (including phenoxy) is 1. The zero-order chi connectivity index (χ0) is 17.9. The Balaban J connectivity index is 1.43. The lowest BCUT2D eigenvalue weighted by molar-refractivity contribution is -0.0349. The molecule has 8 heteroatoms. The van der Waals surface area contributed by atoms with Crippen LogP contribution >= 0.6 is 11.3 Å². The van der Waals surface area contributed by atoms with Crippen molar-refractivity contribution in [2.24, 2.45) is 7.05 Å². The number of thiazole rings is 1.